The van der Waals surface area contributed by atoms with Crippen molar-refractivity contribution in [2.45, 2.75) is 26.7 Å². The molecule has 4 atom stereocenters. The van der Waals surface area contributed by atoms with E-state index in [0.29, 0.717) is 12.1 Å². The topological polar surface area (TPSA) is 84.0 Å². The molecule has 1 aliphatic carbocycles. The molecule has 0 unspecified atom stereocenters. The number of imide groups is 1. The first-order valence-electron chi connectivity index (χ1n) is 11.6. The normalized spacial score (nSPS) is 26.2. The van der Waals surface area contributed by atoms with Crippen LogP contribution in [0.5, 0.6) is 5.75 Å². The number of benzene rings is 2. The van der Waals surface area contributed by atoms with Gasteiger partial charge in [0, 0.05) is 24.7 Å². The summed E-state index contributed by atoms with van der Waals surface area (Å²) in [4.78, 5) is 54.3. The number of carbonyl (C=O) groups is 4. The van der Waals surface area contributed by atoms with E-state index in [1.165, 1.54) is 4.90 Å². The van der Waals surface area contributed by atoms with Crippen molar-refractivity contribution in [3.63, 3.8) is 0 Å². The van der Waals surface area contributed by atoms with Crippen LogP contribution >= 0.6 is 0 Å². The summed E-state index contributed by atoms with van der Waals surface area (Å²) < 4.78 is 5.59. The third kappa shape index (κ3) is 3.71. The fraction of sp³-hybridized carbons (Fsp3) is 0.333. The minimum Gasteiger partial charge on any atom is -0.426 e. The van der Waals surface area contributed by atoms with Gasteiger partial charge in [0.15, 0.2) is 0 Å². The maximum Gasteiger partial charge on any atom is 0.316 e. The number of rotatable bonds is 4. The summed E-state index contributed by atoms with van der Waals surface area (Å²) in [6, 6.07) is 14.0. The number of ether oxygens (including phenoxy) is 1. The van der Waals surface area contributed by atoms with Gasteiger partial charge in [0.25, 0.3) is 0 Å². The Labute approximate surface area is 198 Å². The van der Waals surface area contributed by atoms with Crippen molar-refractivity contribution in [1.82, 2.24) is 0 Å². The number of aryl methyl sites for hydroxylation is 1. The maximum absolute atomic E-state index is 13.1. The number of carbonyl (C=O) groups excluding carboxylic acids is 4. The van der Waals surface area contributed by atoms with Gasteiger partial charge in [-0.25, -0.2) is 4.90 Å². The van der Waals surface area contributed by atoms with E-state index in [4.69, 9.17) is 4.74 Å². The Morgan fingerprint density at radius 2 is 1.82 bits per heavy atom. The highest BCUT2D eigenvalue weighted by Crippen LogP contribution is 2.41. The Morgan fingerprint density at radius 1 is 1.03 bits per heavy atom. The molecule has 2 fully saturated rings. The number of nitrogens with zero attached hydrogens (tertiary/aromatic N) is 2. The minimum atomic E-state index is -0.597. The lowest BCUT2D eigenvalue weighted by molar-refractivity contribution is -0.139. The second-order valence-corrected chi connectivity index (χ2v) is 9.28. The molecule has 3 amide bonds. The number of fused-ring (bicyclic) bond motifs is 1. The van der Waals surface area contributed by atoms with E-state index in [0.717, 1.165) is 11.3 Å². The van der Waals surface area contributed by atoms with Gasteiger partial charge in [0.1, 0.15) is 5.75 Å². The average Bonchev–Trinajstić information content (AvgIpc) is 3.32. The smallest absolute Gasteiger partial charge is 0.316 e. The summed E-state index contributed by atoms with van der Waals surface area (Å²) in [7, 11) is 0. The van der Waals surface area contributed by atoms with E-state index in [1.807, 2.05) is 50.3 Å². The predicted molar refractivity (Wildman–Crippen MR) is 126 cm³/mol. The summed E-state index contributed by atoms with van der Waals surface area (Å²) in [5.74, 6) is -2.13. The van der Waals surface area contributed by atoms with Crippen LogP contribution in [-0.2, 0) is 19.2 Å². The molecule has 2 aromatic rings. The van der Waals surface area contributed by atoms with Gasteiger partial charge in [0.05, 0.1) is 23.4 Å². The fourth-order valence-electron chi connectivity index (χ4n) is 5.25. The van der Waals surface area contributed by atoms with Crippen molar-refractivity contribution in [1.29, 1.82) is 0 Å². The number of esters is 1. The molecule has 2 aromatic carbocycles. The van der Waals surface area contributed by atoms with Crippen molar-refractivity contribution in [2.24, 2.45) is 23.7 Å². The Kier molecular flexibility index (Phi) is 5.55. The first kappa shape index (κ1) is 22.1. The molecule has 2 heterocycles. The number of anilines is 2. The van der Waals surface area contributed by atoms with Gasteiger partial charge in [0.2, 0.25) is 17.7 Å². The molecule has 2 saturated heterocycles. The average molecular weight is 459 g/mol. The van der Waals surface area contributed by atoms with Crippen LogP contribution in [0.3, 0.4) is 0 Å². The standard InChI is InChI=1S/C27H26N2O5/c1-16-7-3-4-12-22(16)28-15-18(13-23(28)30)27(33)34-20-10-6-9-19(14-20)29-25(31)21-11-5-8-17(2)24(21)26(29)32/h3-10,12,14,17-18,21,24H,11,13,15H2,1-2H3/t17-,18+,21+,24+/m0/s1. The molecule has 0 saturated carbocycles. The van der Waals surface area contributed by atoms with Crippen molar-refractivity contribution >= 4 is 35.1 Å². The van der Waals surface area contributed by atoms with Crippen molar-refractivity contribution in [3.8, 4) is 5.75 Å². The molecular formula is C27H26N2O5. The van der Waals surface area contributed by atoms with Gasteiger partial charge in [-0.2, -0.15) is 0 Å². The molecule has 0 spiro atoms. The summed E-state index contributed by atoms with van der Waals surface area (Å²) in [6.07, 6.45) is 4.57. The van der Waals surface area contributed by atoms with E-state index in [9.17, 15) is 19.2 Å². The van der Waals surface area contributed by atoms with Crippen LogP contribution in [0.1, 0.15) is 25.3 Å². The van der Waals surface area contributed by atoms with Crippen molar-refractivity contribution in [3.05, 3.63) is 66.2 Å². The van der Waals surface area contributed by atoms with Crippen LogP contribution < -0.4 is 14.5 Å². The predicted octanol–water partition coefficient (Wildman–Crippen LogP) is 3.66. The van der Waals surface area contributed by atoms with E-state index in [1.54, 1.807) is 29.2 Å². The zero-order valence-corrected chi connectivity index (χ0v) is 19.1. The van der Waals surface area contributed by atoms with Crippen LogP contribution in [0, 0.1) is 30.6 Å². The molecular weight excluding hydrogens is 432 g/mol. The molecule has 0 bridgehead atoms. The van der Waals surface area contributed by atoms with Crippen LogP contribution in [-0.4, -0.2) is 30.2 Å². The zero-order valence-electron chi connectivity index (χ0n) is 19.1. The molecule has 2 aliphatic heterocycles. The summed E-state index contributed by atoms with van der Waals surface area (Å²) >= 11 is 0. The minimum absolute atomic E-state index is 0.00249. The largest absolute Gasteiger partial charge is 0.426 e. The quantitative estimate of drug-likeness (QED) is 0.302. The van der Waals surface area contributed by atoms with Gasteiger partial charge in [-0.15, -0.1) is 0 Å². The molecule has 0 N–H and O–H groups in total. The van der Waals surface area contributed by atoms with Gasteiger partial charge in [-0.3, -0.25) is 19.2 Å². The van der Waals surface area contributed by atoms with E-state index in [-0.39, 0.29) is 54.2 Å². The Morgan fingerprint density at radius 3 is 2.59 bits per heavy atom. The molecule has 0 aromatic heterocycles. The lowest BCUT2D eigenvalue weighted by Crippen LogP contribution is -2.31. The first-order valence-corrected chi connectivity index (χ1v) is 11.6. The number of para-hydroxylation sites is 1. The van der Waals surface area contributed by atoms with Gasteiger partial charge in [-0.05, 0) is 43.0 Å². The number of allylic oxidation sites excluding steroid dienone is 2. The summed E-state index contributed by atoms with van der Waals surface area (Å²) in [5.41, 5.74) is 2.15. The summed E-state index contributed by atoms with van der Waals surface area (Å²) in [5, 5.41) is 0. The molecule has 0 radical (unpaired) electrons. The van der Waals surface area contributed by atoms with Gasteiger partial charge < -0.3 is 9.64 Å². The maximum atomic E-state index is 13.1. The van der Waals surface area contributed by atoms with E-state index >= 15 is 0 Å². The highest BCUT2D eigenvalue weighted by molar-refractivity contribution is 6.22. The van der Waals surface area contributed by atoms with E-state index < -0.39 is 11.9 Å². The second kappa shape index (κ2) is 8.56. The molecule has 34 heavy (non-hydrogen) atoms. The Bertz CT molecular complexity index is 1220. The highest BCUT2D eigenvalue weighted by atomic mass is 16.5. The first-order chi connectivity index (χ1) is 16.3. The van der Waals surface area contributed by atoms with E-state index in [2.05, 4.69) is 0 Å². The van der Waals surface area contributed by atoms with Crippen LogP contribution in [0.4, 0.5) is 11.4 Å². The van der Waals surface area contributed by atoms with Gasteiger partial charge >= 0.3 is 5.97 Å². The highest BCUT2D eigenvalue weighted by Gasteiger charge is 2.50. The third-order valence-corrected chi connectivity index (χ3v) is 7.03. The van der Waals surface area contributed by atoms with Crippen LogP contribution in [0.15, 0.2) is 60.7 Å². The second-order valence-electron chi connectivity index (χ2n) is 9.28. The lowest BCUT2D eigenvalue weighted by atomic mass is 9.78. The summed E-state index contributed by atoms with van der Waals surface area (Å²) in [6.45, 7) is 4.12. The molecule has 5 rings (SSSR count). The molecule has 174 valence electrons. The fourth-order valence-corrected chi connectivity index (χ4v) is 5.25. The molecule has 3 aliphatic rings. The molecule has 7 heteroatoms. The number of hydrogen-bond acceptors (Lipinski definition) is 5. The lowest BCUT2D eigenvalue weighted by Gasteiger charge is -2.22. The number of amides is 3. The van der Waals surface area contributed by atoms with Crippen LogP contribution in [0.2, 0.25) is 0 Å². The molecule has 7 nitrogen and oxygen atoms in total. The monoisotopic (exact) mass is 458 g/mol. The number of hydrogen-bond donors (Lipinski definition) is 0. The Balaban J connectivity index is 1.31. The third-order valence-electron chi connectivity index (χ3n) is 7.03. The zero-order chi connectivity index (χ0) is 24.0. The Hall–Kier alpha value is -3.74. The van der Waals surface area contributed by atoms with Crippen LogP contribution in [0.25, 0.3) is 0 Å². The SMILES string of the molecule is Cc1ccccc1N1C[C@H](C(=O)Oc2cccc(N3C(=O)[C@@H]4[C@@H](C)C=CC[C@H]4C3=O)c2)CC1=O. The van der Waals surface area contributed by atoms with Gasteiger partial charge in [-0.1, -0.05) is 43.3 Å². The van der Waals surface area contributed by atoms with Crippen molar-refractivity contribution in [2.75, 3.05) is 16.3 Å². The van der Waals surface area contributed by atoms with Crippen molar-refractivity contribution < 1.29 is 23.9 Å².